The number of nitrogens with zero attached hydrogens (tertiary/aromatic N) is 2. The van der Waals surface area contributed by atoms with Gasteiger partial charge in [0.1, 0.15) is 0 Å². The third kappa shape index (κ3) is 4.73. The van der Waals surface area contributed by atoms with Crippen molar-refractivity contribution in [3.63, 3.8) is 0 Å². The number of thiophene rings is 1. The molecule has 1 aromatic carbocycles. The van der Waals surface area contributed by atoms with Crippen LogP contribution in [0.1, 0.15) is 31.3 Å². The van der Waals surface area contributed by atoms with Crippen molar-refractivity contribution in [3.8, 4) is 0 Å². The lowest BCUT2D eigenvalue weighted by molar-refractivity contribution is -0.117. The fraction of sp³-hybridized carbons (Fsp3) is 0.200. The molecule has 2 aromatic heterocycles. The maximum atomic E-state index is 12.4. The number of amides is 3. The number of nitrogens with two attached hydrogens (primary N) is 1. The summed E-state index contributed by atoms with van der Waals surface area (Å²) in [6.45, 7) is 1.56. The zero-order valence-electron chi connectivity index (χ0n) is 15.9. The summed E-state index contributed by atoms with van der Waals surface area (Å²) in [4.78, 5) is 43.3. The minimum atomic E-state index is -0.507. The van der Waals surface area contributed by atoms with Crippen molar-refractivity contribution in [2.45, 2.75) is 13.0 Å². The van der Waals surface area contributed by atoms with Gasteiger partial charge in [-0.3, -0.25) is 24.6 Å². The van der Waals surface area contributed by atoms with E-state index in [-0.39, 0.29) is 18.4 Å². The van der Waals surface area contributed by atoms with Crippen LogP contribution in [0.5, 0.6) is 0 Å². The van der Waals surface area contributed by atoms with Crippen molar-refractivity contribution in [2.24, 2.45) is 5.73 Å². The number of nitrogens with one attached hydrogen (secondary N) is 2. The Bertz CT molecular complexity index is 1080. The van der Waals surface area contributed by atoms with Gasteiger partial charge in [0.15, 0.2) is 5.13 Å². The zero-order chi connectivity index (χ0) is 21.1. The lowest BCUT2D eigenvalue weighted by Crippen LogP contribution is -2.36. The second-order valence-electron chi connectivity index (χ2n) is 6.81. The Balaban J connectivity index is 1.32. The van der Waals surface area contributed by atoms with Gasteiger partial charge >= 0.3 is 0 Å². The normalized spacial score (nSPS) is 13.5. The smallest absolute Gasteiger partial charge is 0.258 e. The second-order valence-corrected chi connectivity index (χ2v) is 8.67. The predicted octanol–water partition coefficient (Wildman–Crippen LogP) is 2.55. The van der Waals surface area contributed by atoms with Crippen LogP contribution in [0.2, 0.25) is 0 Å². The van der Waals surface area contributed by atoms with E-state index in [1.54, 1.807) is 35.7 Å². The number of carbonyl (C=O) groups excluding carboxylic acids is 3. The first kappa shape index (κ1) is 20.2. The molecule has 0 atom stereocenters. The number of anilines is 2. The molecule has 3 amide bonds. The van der Waals surface area contributed by atoms with Crippen molar-refractivity contribution >= 4 is 51.2 Å². The predicted molar refractivity (Wildman–Crippen MR) is 117 cm³/mol. The van der Waals surface area contributed by atoms with E-state index in [0.29, 0.717) is 35.0 Å². The summed E-state index contributed by atoms with van der Waals surface area (Å²) >= 11 is 2.91. The molecule has 3 heterocycles. The Morgan fingerprint density at radius 2 is 1.90 bits per heavy atom. The summed E-state index contributed by atoms with van der Waals surface area (Å²) < 4.78 is 0. The van der Waals surface area contributed by atoms with Gasteiger partial charge in [0.05, 0.1) is 17.8 Å². The largest absolute Gasteiger partial charge is 0.366 e. The molecule has 4 N–H and O–H groups in total. The molecule has 0 spiro atoms. The van der Waals surface area contributed by atoms with Gasteiger partial charge in [0.25, 0.3) is 5.91 Å². The molecule has 4 rings (SSSR count). The molecule has 30 heavy (non-hydrogen) atoms. The third-order valence-electron chi connectivity index (χ3n) is 4.63. The fourth-order valence-corrected chi connectivity index (χ4v) is 4.80. The van der Waals surface area contributed by atoms with Gasteiger partial charge < -0.3 is 11.1 Å². The minimum absolute atomic E-state index is 0.138. The summed E-state index contributed by atoms with van der Waals surface area (Å²) in [6.07, 6.45) is 0.723. The average molecular weight is 442 g/mol. The molecule has 0 saturated heterocycles. The first-order valence-electron chi connectivity index (χ1n) is 9.22. The standard InChI is InChI=1S/C20H19N5O3S2/c21-18(27)12-1-3-14(4-2-12)22-17(26)10-25-7-5-15-16(9-25)30-20(23-15)24-19(28)13-6-8-29-11-13/h1-4,6,8,11H,5,7,9-10H2,(H2,21,27)(H,22,26)(H,23,24,28). The highest BCUT2D eigenvalue weighted by Crippen LogP contribution is 2.28. The molecule has 154 valence electrons. The quantitative estimate of drug-likeness (QED) is 0.543. The first-order valence-corrected chi connectivity index (χ1v) is 11.0. The van der Waals surface area contributed by atoms with Crippen molar-refractivity contribution < 1.29 is 14.4 Å². The highest BCUT2D eigenvalue weighted by molar-refractivity contribution is 7.16. The van der Waals surface area contributed by atoms with Gasteiger partial charge in [0, 0.05) is 41.0 Å². The van der Waals surface area contributed by atoms with Crippen LogP contribution in [0.25, 0.3) is 0 Å². The highest BCUT2D eigenvalue weighted by Gasteiger charge is 2.23. The van der Waals surface area contributed by atoms with Gasteiger partial charge in [-0.05, 0) is 35.7 Å². The van der Waals surface area contributed by atoms with Crippen LogP contribution >= 0.6 is 22.7 Å². The number of thiazole rings is 1. The molecule has 1 aliphatic heterocycles. The van der Waals surface area contributed by atoms with Crippen LogP contribution in [0.15, 0.2) is 41.1 Å². The fourth-order valence-electron chi connectivity index (χ4n) is 3.12. The van der Waals surface area contributed by atoms with Gasteiger partial charge in [-0.25, -0.2) is 4.98 Å². The lowest BCUT2D eigenvalue weighted by atomic mass is 10.2. The molecule has 0 unspecified atom stereocenters. The van der Waals surface area contributed by atoms with Crippen molar-refractivity contribution in [2.75, 3.05) is 23.7 Å². The maximum Gasteiger partial charge on any atom is 0.258 e. The monoisotopic (exact) mass is 441 g/mol. The van der Waals surface area contributed by atoms with E-state index in [1.165, 1.54) is 22.7 Å². The summed E-state index contributed by atoms with van der Waals surface area (Å²) in [5, 5.41) is 9.91. The van der Waals surface area contributed by atoms with Gasteiger partial charge in [-0.2, -0.15) is 11.3 Å². The molecule has 10 heteroatoms. The van der Waals surface area contributed by atoms with E-state index < -0.39 is 5.91 Å². The number of aromatic nitrogens is 1. The van der Waals surface area contributed by atoms with E-state index in [2.05, 4.69) is 15.6 Å². The van der Waals surface area contributed by atoms with E-state index in [4.69, 9.17) is 5.73 Å². The van der Waals surface area contributed by atoms with Crippen LogP contribution in [0.3, 0.4) is 0 Å². The second kappa shape index (κ2) is 8.74. The Labute approximate surface area is 180 Å². The van der Waals surface area contributed by atoms with Gasteiger partial charge in [0.2, 0.25) is 11.8 Å². The molecule has 1 aliphatic rings. The number of hydrogen-bond donors (Lipinski definition) is 3. The van der Waals surface area contributed by atoms with Crippen LogP contribution < -0.4 is 16.4 Å². The number of rotatable bonds is 6. The van der Waals surface area contributed by atoms with Crippen LogP contribution in [-0.2, 0) is 17.8 Å². The van der Waals surface area contributed by atoms with Crippen molar-refractivity contribution in [1.29, 1.82) is 0 Å². The van der Waals surface area contributed by atoms with Crippen molar-refractivity contribution in [1.82, 2.24) is 9.88 Å². The first-order chi connectivity index (χ1) is 14.5. The Kier molecular flexibility index (Phi) is 5.88. The number of benzene rings is 1. The summed E-state index contributed by atoms with van der Waals surface area (Å²) in [5.74, 6) is -0.811. The maximum absolute atomic E-state index is 12.4. The molecule has 0 aliphatic carbocycles. The van der Waals surface area contributed by atoms with Crippen LogP contribution in [0.4, 0.5) is 10.8 Å². The molecule has 0 saturated carbocycles. The molecule has 3 aromatic rings. The van der Waals surface area contributed by atoms with Crippen LogP contribution in [-0.4, -0.2) is 40.7 Å². The Hall–Kier alpha value is -3.08. The molecular weight excluding hydrogens is 422 g/mol. The molecular formula is C20H19N5O3S2. The number of primary amides is 1. The molecule has 0 fully saturated rings. The summed E-state index contributed by atoms with van der Waals surface area (Å²) in [6, 6.07) is 8.23. The van der Waals surface area contributed by atoms with E-state index in [9.17, 15) is 14.4 Å². The number of fused-ring (bicyclic) bond motifs is 1. The SMILES string of the molecule is NC(=O)c1ccc(NC(=O)CN2CCc3nc(NC(=O)c4ccsc4)sc3C2)cc1. The van der Waals surface area contributed by atoms with Gasteiger partial charge in [-0.1, -0.05) is 0 Å². The average Bonchev–Trinajstić information content (AvgIpc) is 3.37. The molecule has 0 bridgehead atoms. The number of carbonyl (C=O) groups is 3. The topological polar surface area (TPSA) is 117 Å². The van der Waals surface area contributed by atoms with Gasteiger partial charge in [-0.15, -0.1) is 11.3 Å². The summed E-state index contributed by atoms with van der Waals surface area (Å²) in [5.41, 5.74) is 7.82. The Morgan fingerprint density at radius 3 is 2.60 bits per heavy atom. The minimum Gasteiger partial charge on any atom is -0.366 e. The Morgan fingerprint density at radius 1 is 1.10 bits per heavy atom. The van der Waals surface area contributed by atoms with E-state index in [1.807, 2.05) is 10.3 Å². The zero-order valence-corrected chi connectivity index (χ0v) is 17.5. The summed E-state index contributed by atoms with van der Waals surface area (Å²) in [7, 11) is 0. The van der Waals surface area contributed by atoms with Crippen LogP contribution in [0, 0.1) is 0 Å². The number of hydrogen-bond acceptors (Lipinski definition) is 7. The highest BCUT2D eigenvalue weighted by atomic mass is 32.1. The molecule has 0 radical (unpaired) electrons. The lowest BCUT2D eigenvalue weighted by Gasteiger charge is -2.25. The molecule has 8 nitrogen and oxygen atoms in total. The van der Waals surface area contributed by atoms with Crippen molar-refractivity contribution in [3.05, 3.63) is 62.8 Å². The van der Waals surface area contributed by atoms with E-state index in [0.717, 1.165) is 17.0 Å². The van der Waals surface area contributed by atoms with E-state index >= 15 is 0 Å². The third-order valence-corrected chi connectivity index (χ3v) is 6.32.